The topological polar surface area (TPSA) is 77.4 Å². The lowest BCUT2D eigenvalue weighted by Crippen LogP contribution is -2.36. The van der Waals surface area contributed by atoms with Gasteiger partial charge in [0, 0.05) is 19.6 Å². The molecule has 0 amide bonds. The summed E-state index contributed by atoms with van der Waals surface area (Å²) in [6.45, 7) is 5.76. The maximum absolute atomic E-state index is 5.72. The minimum Gasteiger partial charge on any atom is -0.378 e. The van der Waals surface area contributed by atoms with E-state index in [-0.39, 0.29) is 5.92 Å². The number of ether oxygens (including phenoxy) is 1. The minimum atomic E-state index is 0.183. The Morgan fingerprint density at radius 3 is 2.82 bits per heavy atom. The quantitative estimate of drug-likeness (QED) is 0.818. The summed E-state index contributed by atoms with van der Waals surface area (Å²) in [6, 6.07) is 0. The predicted octanol–water partition coefficient (Wildman–Crippen LogP) is 0.749. The molecule has 0 saturated carbocycles. The van der Waals surface area contributed by atoms with Gasteiger partial charge in [-0.3, -0.25) is 0 Å². The summed E-state index contributed by atoms with van der Waals surface area (Å²) in [5.41, 5.74) is 5.72. The minimum absolute atomic E-state index is 0.183. The highest BCUT2D eigenvalue weighted by Gasteiger charge is 2.21. The van der Waals surface area contributed by atoms with Gasteiger partial charge in [0.25, 0.3) is 5.95 Å². The van der Waals surface area contributed by atoms with Crippen LogP contribution in [0, 0.1) is 0 Å². The number of aromatic nitrogens is 2. The van der Waals surface area contributed by atoms with Crippen LogP contribution in [0.25, 0.3) is 0 Å². The van der Waals surface area contributed by atoms with E-state index in [0.29, 0.717) is 18.4 Å². The van der Waals surface area contributed by atoms with Crippen molar-refractivity contribution in [3.05, 3.63) is 5.89 Å². The van der Waals surface area contributed by atoms with E-state index < -0.39 is 0 Å². The molecule has 6 heteroatoms. The molecule has 1 aromatic heterocycles. The first-order valence-electron chi connectivity index (χ1n) is 6.21. The molecule has 2 heterocycles. The van der Waals surface area contributed by atoms with Crippen molar-refractivity contribution in [2.75, 3.05) is 37.7 Å². The van der Waals surface area contributed by atoms with Gasteiger partial charge >= 0.3 is 0 Å². The van der Waals surface area contributed by atoms with Gasteiger partial charge in [0.1, 0.15) is 0 Å². The third-order valence-corrected chi connectivity index (χ3v) is 3.00. The van der Waals surface area contributed by atoms with Gasteiger partial charge in [-0.2, -0.15) is 4.98 Å². The lowest BCUT2D eigenvalue weighted by molar-refractivity contribution is 0.121. The summed E-state index contributed by atoms with van der Waals surface area (Å²) >= 11 is 0. The van der Waals surface area contributed by atoms with E-state index in [1.165, 1.54) is 0 Å². The Balaban J connectivity index is 2.03. The molecule has 96 valence electrons. The van der Waals surface area contributed by atoms with Crippen molar-refractivity contribution in [2.24, 2.45) is 5.73 Å². The largest absolute Gasteiger partial charge is 0.378 e. The molecule has 2 N–H and O–H groups in total. The van der Waals surface area contributed by atoms with Gasteiger partial charge in [-0.1, -0.05) is 13.3 Å². The fourth-order valence-electron chi connectivity index (χ4n) is 1.98. The third kappa shape index (κ3) is 2.95. The lowest BCUT2D eigenvalue weighted by atomic mass is 10.0. The molecule has 1 aliphatic rings. The molecule has 1 saturated heterocycles. The number of nitrogens with zero attached hydrogens (tertiary/aromatic N) is 3. The van der Waals surface area contributed by atoms with Crippen LogP contribution in [0.3, 0.4) is 0 Å². The molecular formula is C11H20N4O2. The first-order valence-corrected chi connectivity index (χ1v) is 6.21. The van der Waals surface area contributed by atoms with Crippen LogP contribution in [0.1, 0.15) is 31.6 Å². The second-order valence-electron chi connectivity index (χ2n) is 4.25. The van der Waals surface area contributed by atoms with E-state index >= 15 is 0 Å². The Bertz CT molecular complexity index is 317. The number of anilines is 1. The maximum atomic E-state index is 5.72. The average molecular weight is 240 g/mol. The van der Waals surface area contributed by atoms with Crippen LogP contribution in [0.2, 0.25) is 0 Å². The third-order valence-electron chi connectivity index (χ3n) is 3.00. The fourth-order valence-corrected chi connectivity index (χ4v) is 1.98. The zero-order valence-electron chi connectivity index (χ0n) is 10.3. The van der Waals surface area contributed by atoms with Gasteiger partial charge in [-0.25, -0.2) is 0 Å². The number of hydrogen-bond donors (Lipinski definition) is 1. The molecule has 1 aromatic rings. The van der Waals surface area contributed by atoms with Gasteiger partial charge in [0.15, 0.2) is 0 Å². The first kappa shape index (κ1) is 12.3. The Hall–Kier alpha value is -1.14. The number of nitrogens with two attached hydrogens (primary N) is 1. The van der Waals surface area contributed by atoms with Crippen molar-refractivity contribution < 1.29 is 9.26 Å². The highest BCUT2D eigenvalue weighted by atomic mass is 16.5. The summed E-state index contributed by atoms with van der Waals surface area (Å²) in [5.74, 6) is 1.51. The molecule has 6 nitrogen and oxygen atoms in total. The number of rotatable bonds is 5. The highest BCUT2D eigenvalue weighted by Crippen LogP contribution is 2.21. The summed E-state index contributed by atoms with van der Waals surface area (Å²) in [4.78, 5) is 6.52. The van der Waals surface area contributed by atoms with Gasteiger partial charge in [-0.15, -0.1) is 0 Å². The van der Waals surface area contributed by atoms with Crippen LogP contribution in [0.15, 0.2) is 4.52 Å². The van der Waals surface area contributed by atoms with Gasteiger partial charge in [0.2, 0.25) is 5.89 Å². The van der Waals surface area contributed by atoms with Gasteiger partial charge in [0.05, 0.1) is 19.1 Å². The first-order chi connectivity index (χ1) is 8.35. The second-order valence-corrected chi connectivity index (χ2v) is 4.25. The van der Waals surface area contributed by atoms with Crippen LogP contribution in [0.5, 0.6) is 0 Å². The van der Waals surface area contributed by atoms with E-state index in [1.54, 1.807) is 0 Å². The van der Waals surface area contributed by atoms with E-state index in [1.807, 2.05) is 0 Å². The zero-order valence-corrected chi connectivity index (χ0v) is 10.3. The average Bonchev–Trinajstić information content (AvgIpc) is 2.86. The summed E-state index contributed by atoms with van der Waals surface area (Å²) in [5, 5.41) is 4.02. The number of hydrogen-bond acceptors (Lipinski definition) is 6. The van der Waals surface area contributed by atoms with E-state index in [2.05, 4.69) is 22.0 Å². The van der Waals surface area contributed by atoms with Crippen molar-refractivity contribution in [2.45, 2.75) is 25.7 Å². The predicted molar refractivity (Wildman–Crippen MR) is 64.0 cm³/mol. The molecule has 0 aromatic carbocycles. The van der Waals surface area contributed by atoms with Crippen molar-refractivity contribution in [1.82, 2.24) is 10.1 Å². The zero-order chi connectivity index (χ0) is 12.1. The van der Waals surface area contributed by atoms with Crippen LogP contribution < -0.4 is 10.6 Å². The van der Waals surface area contributed by atoms with Crippen LogP contribution in [0.4, 0.5) is 5.95 Å². The Morgan fingerprint density at radius 2 is 2.18 bits per heavy atom. The molecule has 0 aliphatic carbocycles. The van der Waals surface area contributed by atoms with Gasteiger partial charge in [-0.05, 0) is 11.6 Å². The fraction of sp³-hybridized carbons (Fsp3) is 0.818. The molecule has 1 atom stereocenters. The molecule has 1 aliphatic heterocycles. The van der Waals surface area contributed by atoms with Crippen LogP contribution in [-0.4, -0.2) is 43.0 Å². The molecule has 2 rings (SSSR count). The smallest absolute Gasteiger partial charge is 0.266 e. The maximum Gasteiger partial charge on any atom is 0.266 e. The molecule has 0 radical (unpaired) electrons. The lowest BCUT2D eigenvalue weighted by Gasteiger charge is -2.24. The van der Waals surface area contributed by atoms with Crippen molar-refractivity contribution in [3.63, 3.8) is 0 Å². The molecular weight excluding hydrogens is 220 g/mol. The normalized spacial score (nSPS) is 18.4. The summed E-state index contributed by atoms with van der Waals surface area (Å²) in [6.07, 6.45) is 2.05. The summed E-state index contributed by atoms with van der Waals surface area (Å²) < 4.78 is 10.6. The van der Waals surface area contributed by atoms with Crippen molar-refractivity contribution in [1.29, 1.82) is 0 Å². The molecule has 1 fully saturated rings. The summed E-state index contributed by atoms with van der Waals surface area (Å²) in [7, 11) is 0. The SMILES string of the molecule is CCCC(CN)c1nc(N2CCOCC2)no1. The van der Waals surface area contributed by atoms with Gasteiger partial charge < -0.3 is 19.9 Å². The molecule has 17 heavy (non-hydrogen) atoms. The molecule has 1 unspecified atom stereocenters. The standard InChI is InChI=1S/C11H20N4O2/c1-2-3-9(8-12)10-13-11(14-17-10)15-4-6-16-7-5-15/h9H,2-8,12H2,1H3. The second kappa shape index (κ2) is 5.97. The van der Waals surface area contributed by atoms with Crippen LogP contribution >= 0.6 is 0 Å². The Morgan fingerprint density at radius 1 is 1.41 bits per heavy atom. The Labute approximate surface area is 101 Å². The van der Waals surface area contributed by atoms with E-state index in [9.17, 15) is 0 Å². The molecule has 0 bridgehead atoms. The highest BCUT2D eigenvalue weighted by molar-refractivity contribution is 5.28. The molecule has 0 spiro atoms. The number of morpholine rings is 1. The van der Waals surface area contributed by atoms with E-state index in [0.717, 1.165) is 39.1 Å². The monoisotopic (exact) mass is 240 g/mol. The van der Waals surface area contributed by atoms with Crippen molar-refractivity contribution in [3.8, 4) is 0 Å². The van der Waals surface area contributed by atoms with Crippen molar-refractivity contribution >= 4 is 5.95 Å². The van der Waals surface area contributed by atoms with Crippen LogP contribution in [-0.2, 0) is 4.74 Å². The van der Waals surface area contributed by atoms with E-state index in [4.69, 9.17) is 15.0 Å². The Kier molecular flexibility index (Phi) is 4.33.